The summed E-state index contributed by atoms with van der Waals surface area (Å²) in [5.74, 6) is 0. The Labute approximate surface area is 114 Å². The minimum atomic E-state index is -0.452. The molecule has 1 unspecified atom stereocenters. The van der Waals surface area contributed by atoms with Crippen LogP contribution in [0.25, 0.3) is 0 Å². The topological polar surface area (TPSA) is 49.5 Å². The monoisotopic (exact) mass is 256 g/mol. The first-order valence-electron chi connectivity index (χ1n) is 6.46. The maximum absolute atomic E-state index is 10.1. The molecule has 0 saturated carbocycles. The molecule has 0 aliphatic rings. The minimum Gasteiger partial charge on any atom is -0.399 e. The van der Waals surface area contributed by atoms with Gasteiger partial charge in [0.2, 0.25) is 0 Å². The van der Waals surface area contributed by atoms with E-state index in [1.165, 1.54) is 0 Å². The molecule has 0 aliphatic heterocycles. The molecule has 0 fully saturated rings. The Morgan fingerprint density at radius 2 is 1.68 bits per heavy atom. The van der Waals surface area contributed by atoms with Crippen molar-refractivity contribution in [1.82, 2.24) is 0 Å². The zero-order chi connectivity index (χ0) is 13.7. The van der Waals surface area contributed by atoms with Crippen molar-refractivity contribution in [2.45, 2.75) is 12.5 Å². The number of nitrogens with two attached hydrogens (primary N) is 1. The summed E-state index contributed by atoms with van der Waals surface area (Å²) in [5.41, 5.74) is 8.43. The van der Waals surface area contributed by atoms with Gasteiger partial charge in [0.1, 0.15) is 0 Å². The number of hydrogen-bond donors (Lipinski definition) is 2. The standard InChI is InChI=1S/C16H20N2O/c1-18(15-5-3-2-4-6-15)12-11-16(19)13-7-9-14(17)10-8-13/h2-10,16,19H,11-12,17H2,1H3. The van der Waals surface area contributed by atoms with E-state index in [9.17, 15) is 5.11 Å². The molecule has 19 heavy (non-hydrogen) atoms. The van der Waals surface area contributed by atoms with Crippen LogP contribution in [0.3, 0.4) is 0 Å². The van der Waals surface area contributed by atoms with Crippen LogP contribution in [0.2, 0.25) is 0 Å². The van der Waals surface area contributed by atoms with Crippen LogP contribution in [0.15, 0.2) is 54.6 Å². The highest BCUT2D eigenvalue weighted by atomic mass is 16.3. The Morgan fingerprint density at radius 1 is 1.05 bits per heavy atom. The molecule has 0 bridgehead atoms. The summed E-state index contributed by atoms with van der Waals surface area (Å²) in [4.78, 5) is 2.14. The van der Waals surface area contributed by atoms with E-state index in [4.69, 9.17) is 5.73 Å². The van der Waals surface area contributed by atoms with Crippen LogP contribution in [0.1, 0.15) is 18.1 Å². The molecule has 0 spiro atoms. The second-order valence-corrected chi connectivity index (χ2v) is 4.73. The average Bonchev–Trinajstić information content (AvgIpc) is 2.46. The van der Waals surface area contributed by atoms with Gasteiger partial charge in [0.25, 0.3) is 0 Å². The summed E-state index contributed by atoms with van der Waals surface area (Å²) < 4.78 is 0. The summed E-state index contributed by atoms with van der Waals surface area (Å²) in [7, 11) is 2.03. The summed E-state index contributed by atoms with van der Waals surface area (Å²) in [6.45, 7) is 0.801. The van der Waals surface area contributed by atoms with Gasteiger partial charge in [-0.1, -0.05) is 30.3 Å². The van der Waals surface area contributed by atoms with E-state index in [0.29, 0.717) is 6.42 Å². The molecule has 2 aromatic rings. The third-order valence-electron chi connectivity index (χ3n) is 3.26. The smallest absolute Gasteiger partial charge is 0.0806 e. The zero-order valence-corrected chi connectivity index (χ0v) is 11.2. The summed E-state index contributed by atoms with van der Waals surface area (Å²) in [5, 5.41) is 10.1. The highest BCUT2D eigenvalue weighted by Gasteiger charge is 2.09. The van der Waals surface area contributed by atoms with Crippen molar-refractivity contribution in [3.8, 4) is 0 Å². The quantitative estimate of drug-likeness (QED) is 0.809. The van der Waals surface area contributed by atoms with E-state index in [-0.39, 0.29) is 0 Å². The van der Waals surface area contributed by atoms with Crippen molar-refractivity contribution < 1.29 is 5.11 Å². The summed E-state index contributed by atoms with van der Waals surface area (Å²) in [6.07, 6.45) is 0.238. The second kappa shape index (κ2) is 6.25. The number of para-hydroxylation sites is 1. The van der Waals surface area contributed by atoms with Crippen molar-refractivity contribution in [3.63, 3.8) is 0 Å². The number of rotatable bonds is 5. The predicted molar refractivity (Wildman–Crippen MR) is 80.1 cm³/mol. The fraction of sp³-hybridized carbons (Fsp3) is 0.250. The van der Waals surface area contributed by atoms with E-state index in [2.05, 4.69) is 17.0 Å². The van der Waals surface area contributed by atoms with Crippen molar-refractivity contribution in [2.24, 2.45) is 0 Å². The Balaban J connectivity index is 1.90. The number of anilines is 2. The van der Waals surface area contributed by atoms with E-state index in [1.807, 2.05) is 49.5 Å². The van der Waals surface area contributed by atoms with Gasteiger partial charge in [-0.3, -0.25) is 0 Å². The van der Waals surface area contributed by atoms with Crippen LogP contribution in [-0.4, -0.2) is 18.7 Å². The molecular weight excluding hydrogens is 236 g/mol. The molecule has 100 valence electrons. The zero-order valence-electron chi connectivity index (χ0n) is 11.2. The Bertz CT molecular complexity index is 496. The molecular formula is C16H20N2O. The molecule has 3 heteroatoms. The van der Waals surface area contributed by atoms with Gasteiger partial charge in [-0.15, -0.1) is 0 Å². The third kappa shape index (κ3) is 3.73. The maximum Gasteiger partial charge on any atom is 0.0806 e. The number of nitrogen functional groups attached to an aromatic ring is 1. The molecule has 1 atom stereocenters. The lowest BCUT2D eigenvalue weighted by molar-refractivity contribution is 0.170. The Morgan fingerprint density at radius 3 is 2.32 bits per heavy atom. The van der Waals surface area contributed by atoms with Crippen LogP contribution in [-0.2, 0) is 0 Å². The number of nitrogens with zero attached hydrogens (tertiary/aromatic N) is 1. The fourth-order valence-corrected chi connectivity index (χ4v) is 2.01. The van der Waals surface area contributed by atoms with Gasteiger partial charge in [0.15, 0.2) is 0 Å². The molecule has 0 aliphatic carbocycles. The van der Waals surface area contributed by atoms with Crippen molar-refractivity contribution >= 4 is 11.4 Å². The van der Waals surface area contributed by atoms with Crippen LogP contribution in [0, 0.1) is 0 Å². The SMILES string of the molecule is CN(CCC(O)c1ccc(N)cc1)c1ccccc1. The van der Waals surface area contributed by atoms with Crippen molar-refractivity contribution in [3.05, 3.63) is 60.2 Å². The van der Waals surface area contributed by atoms with Gasteiger partial charge < -0.3 is 15.7 Å². The predicted octanol–water partition coefficient (Wildman–Crippen LogP) is 2.83. The van der Waals surface area contributed by atoms with Crippen LogP contribution in [0.5, 0.6) is 0 Å². The first-order valence-corrected chi connectivity index (χ1v) is 6.46. The van der Waals surface area contributed by atoms with E-state index < -0.39 is 6.10 Å². The Kier molecular flexibility index (Phi) is 4.42. The number of aliphatic hydroxyl groups excluding tert-OH is 1. The van der Waals surface area contributed by atoms with Gasteiger partial charge in [0, 0.05) is 25.0 Å². The van der Waals surface area contributed by atoms with Gasteiger partial charge in [-0.25, -0.2) is 0 Å². The van der Waals surface area contributed by atoms with Crippen molar-refractivity contribution in [1.29, 1.82) is 0 Å². The van der Waals surface area contributed by atoms with Crippen LogP contribution in [0.4, 0.5) is 11.4 Å². The third-order valence-corrected chi connectivity index (χ3v) is 3.26. The normalized spacial score (nSPS) is 12.1. The molecule has 0 heterocycles. The maximum atomic E-state index is 10.1. The highest BCUT2D eigenvalue weighted by molar-refractivity contribution is 5.45. The molecule has 2 aromatic carbocycles. The molecule has 0 radical (unpaired) electrons. The van der Waals surface area contributed by atoms with Crippen LogP contribution < -0.4 is 10.6 Å². The summed E-state index contributed by atoms with van der Waals surface area (Å²) in [6, 6.07) is 17.6. The van der Waals surface area contributed by atoms with Gasteiger partial charge >= 0.3 is 0 Å². The lowest BCUT2D eigenvalue weighted by atomic mass is 10.1. The molecule has 0 aromatic heterocycles. The van der Waals surface area contributed by atoms with Gasteiger partial charge in [0.05, 0.1) is 6.10 Å². The van der Waals surface area contributed by atoms with Crippen LogP contribution >= 0.6 is 0 Å². The van der Waals surface area contributed by atoms with E-state index >= 15 is 0 Å². The van der Waals surface area contributed by atoms with E-state index in [0.717, 1.165) is 23.5 Å². The number of benzene rings is 2. The molecule has 0 saturated heterocycles. The molecule has 0 amide bonds. The average molecular weight is 256 g/mol. The summed E-state index contributed by atoms with van der Waals surface area (Å²) >= 11 is 0. The minimum absolute atomic E-state index is 0.452. The van der Waals surface area contributed by atoms with Gasteiger partial charge in [-0.2, -0.15) is 0 Å². The van der Waals surface area contributed by atoms with Gasteiger partial charge in [-0.05, 0) is 36.2 Å². The molecule has 3 N–H and O–H groups in total. The second-order valence-electron chi connectivity index (χ2n) is 4.73. The lowest BCUT2D eigenvalue weighted by Crippen LogP contribution is -2.20. The van der Waals surface area contributed by atoms with Crippen molar-refractivity contribution in [2.75, 3.05) is 24.2 Å². The highest BCUT2D eigenvalue weighted by Crippen LogP contribution is 2.19. The Hall–Kier alpha value is -2.00. The molecule has 3 nitrogen and oxygen atoms in total. The molecule has 2 rings (SSSR count). The fourth-order valence-electron chi connectivity index (χ4n) is 2.01. The lowest BCUT2D eigenvalue weighted by Gasteiger charge is -2.21. The number of hydrogen-bond acceptors (Lipinski definition) is 3. The number of aliphatic hydroxyl groups is 1. The largest absolute Gasteiger partial charge is 0.399 e. The first-order chi connectivity index (χ1) is 9.16. The first kappa shape index (κ1) is 13.4. The van der Waals surface area contributed by atoms with E-state index in [1.54, 1.807) is 0 Å².